The summed E-state index contributed by atoms with van der Waals surface area (Å²) in [5, 5.41) is 14.0. The number of rotatable bonds is 55. The van der Waals surface area contributed by atoms with E-state index in [0.717, 1.165) is 44.9 Å². The molecule has 0 saturated heterocycles. The van der Waals surface area contributed by atoms with Crippen LogP contribution >= 0.6 is 7.82 Å². The summed E-state index contributed by atoms with van der Waals surface area (Å²) in [5.41, 5.74) is 0. The molecular formula is C59H117N2O6P. The lowest BCUT2D eigenvalue weighted by molar-refractivity contribution is -0.870. The summed E-state index contributed by atoms with van der Waals surface area (Å²) >= 11 is 0. The molecule has 0 aromatic rings. The number of nitrogens with zero attached hydrogens (tertiary/aromatic N) is 1. The van der Waals surface area contributed by atoms with Crippen LogP contribution in [0.5, 0.6) is 0 Å². The van der Waals surface area contributed by atoms with Crippen molar-refractivity contribution in [3.63, 3.8) is 0 Å². The highest BCUT2D eigenvalue weighted by atomic mass is 31.2. The first-order valence-corrected chi connectivity index (χ1v) is 31.1. The normalized spacial score (nSPS) is 14.0. The van der Waals surface area contributed by atoms with E-state index in [0.29, 0.717) is 23.9 Å². The predicted molar refractivity (Wildman–Crippen MR) is 293 cm³/mol. The molecule has 8 nitrogen and oxygen atoms in total. The number of nitrogens with one attached hydrogen (secondary N) is 1. The Hall–Kier alpha value is -1.02. The van der Waals surface area contributed by atoms with Gasteiger partial charge in [0.15, 0.2) is 0 Å². The maximum absolute atomic E-state index is 13.0. The molecule has 0 bridgehead atoms. The van der Waals surface area contributed by atoms with Crippen LogP contribution in [0, 0.1) is 0 Å². The van der Waals surface area contributed by atoms with Gasteiger partial charge in [0.1, 0.15) is 13.2 Å². The van der Waals surface area contributed by atoms with Gasteiger partial charge < -0.3 is 28.8 Å². The van der Waals surface area contributed by atoms with E-state index in [1.54, 1.807) is 0 Å². The molecule has 9 heteroatoms. The van der Waals surface area contributed by atoms with Crippen LogP contribution in [-0.2, 0) is 18.4 Å². The number of hydrogen-bond donors (Lipinski definition) is 2. The number of hydrogen-bond acceptors (Lipinski definition) is 6. The first kappa shape index (κ1) is 67.0. The molecule has 2 N–H and O–H groups in total. The number of likely N-dealkylation sites (N-methyl/N-ethyl adjacent to an activating group) is 1. The van der Waals surface area contributed by atoms with Crippen molar-refractivity contribution in [2.45, 2.75) is 309 Å². The smallest absolute Gasteiger partial charge is 0.268 e. The molecule has 3 atom stereocenters. The Kier molecular flexibility index (Phi) is 50.1. The van der Waals surface area contributed by atoms with Crippen molar-refractivity contribution in [3.05, 3.63) is 24.3 Å². The molecule has 0 aromatic heterocycles. The minimum absolute atomic E-state index is 0.0140. The van der Waals surface area contributed by atoms with Gasteiger partial charge in [-0.3, -0.25) is 9.36 Å². The van der Waals surface area contributed by atoms with Crippen LogP contribution in [0.25, 0.3) is 0 Å². The summed E-state index contributed by atoms with van der Waals surface area (Å²) < 4.78 is 23.4. The summed E-state index contributed by atoms with van der Waals surface area (Å²) in [6.45, 7) is 4.75. The Morgan fingerprint density at radius 3 is 1.22 bits per heavy atom. The molecule has 404 valence electrons. The van der Waals surface area contributed by atoms with E-state index in [-0.39, 0.29) is 19.1 Å². The number of phosphoric ester groups is 1. The van der Waals surface area contributed by atoms with Crippen molar-refractivity contribution in [2.75, 3.05) is 40.9 Å². The fourth-order valence-corrected chi connectivity index (χ4v) is 9.74. The zero-order chi connectivity index (χ0) is 49.9. The second kappa shape index (κ2) is 50.9. The van der Waals surface area contributed by atoms with Crippen molar-refractivity contribution in [1.29, 1.82) is 0 Å². The summed E-state index contributed by atoms with van der Waals surface area (Å²) in [4.78, 5) is 25.5. The van der Waals surface area contributed by atoms with Gasteiger partial charge in [-0.1, -0.05) is 269 Å². The molecule has 0 fully saturated rings. The van der Waals surface area contributed by atoms with Gasteiger partial charge >= 0.3 is 0 Å². The number of aliphatic hydroxyl groups excluding tert-OH is 1. The molecule has 0 aliphatic heterocycles. The van der Waals surface area contributed by atoms with Gasteiger partial charge in [0.25, 0.3) is 7.82 Å². The lowest BCUT2D eigenvalue weighted by Gasteiger charge is -2.30. The van der Waals surface area contributed by atoms with Gasteiger partial charge in [-0.15, -0.1) is 0 Å². The minimum atomic E-state index is -4.57. The number of quaternary nitrogens is 1. The van der Waals surface area contributed by atoms with Gasteiger partial charge in [0.05, 0.1) is 39.9 Å². The van der Waals surface area contributed by atoms with Gasteiger partial charge in [-0.2, -0.15) is 0 Å². The third kappa shape index (κ3) is 52.8. The van der Waals surface area contributed by atoms with Crippen LogP contribution in [-0.4, -0.2) is 68.5 Å². The Labute approximate surface area is 424 Å². The quantitative estimate of drug-likeness (QED) is 0.0272. The average Bonchev–Trinajstić information content (AvgIpc) is 3.30. The first-order valence-electron chi connectivity index (χ1n) is 29.7. The lowest BCUT2D eigenvalue weighted by atomic mass is 10.0. The molecule has 68 heavy (non-hydrogen) atoms. The Bertz CT molecular complexity index is 1160. The highest BCUT2D eigenvalue weighted by molar-refractivity contribution is 7.45. The van der Waals surface area contributed by atoms with Gasteiger partial charge in [-0.25, -0.2) is 0 Å². The van der Waals surface area contributed by atoms with Gasteiger partial charge in [0, 0.05) is 6.42 Å². The lowest BCUT2D eigenvalue weighted by Crippen LogP contribution is -2.46. The van der Waals surface area contributed by atoms with Crippen molar-refractivity contribution in [3.8, 4) is 0 Å². The van der Waals surface area contributed by atoms with E-state index in [2.05, 4.69) is 43.5 Å². The van der Waals surface area contributed by atoms with Crippen molar-refractivity contribution >= 4 is 13.7 Å². The van der Waals surface area contributed by atoms with Crippen molar-refractivity contribution < 1.29 is 32.9 Å². The number of carbonyl (C=O) groups excluding carboxylic acids is 1. The van der Waals surface area contributed by atoms with E-state index in [1.807, 2.05) is 21.1 Å². The molecule has 0 spiro atoms. The molecule has 0 aromatic carbocycles. The number of phosphoric acid groups is 1. The minimum Gasteiger partial charge on any atom is -0.756 e. The number of carbonyl (C=O) groups is 1. The van der Waals surface area contributed by atoms with Crippen LogP contribution in [0.1, 0.15) is 296 Å². The number of allylic oxidation sites excluding steroid dienone is 4. The Morgan fingerprint density at radius 1 is 0.515 bits per heavy atom. The zero-order valence-electron chi connectivity index (χ0n) is 46.1. The zero-order valence-corrected chi connectivity index (χ0v) is 47.0. The first-order chi connectivity index (χ1) is 33.0. The molecule has 0 aliphatic rings. The molecule has 1 amide bonds. The topological polar surface area (TPSA) is 108 Å². The Morgan fingerprint density at radius 2 is 0.853 bits per heavy atom. The summed E-state index contributed by atoms with van der Waals surface area (Å²) in [6, 6.07) is -0.798. The largest absolute Gasteiger partial charge is 0.756 e. The van der Waals surface area contributed by atoms with E-state index < -0.39 is 20.0 Å². The van der Waals surface area contributed by atoms with E-state index >= 15 is 0 Å². The molecule has 0 heterocycles. The summed E-state index contributed by atoms with van der Waals surface area (Å²) in [7, 11) is 1.32. The van der Waals surface area contributed by atoms with Gasteiger partial charge in [-0.05, 0) is 44.9 Å². The predicted octanol–water partition coefficient (Wildman–Crippen LogP) is 17.4. The number of amides is 1. The van der Waals surface area contributed by atoms with Crippen LogP contribution in [0.3, 0.4) is 0 Å². The summed E-state index contributed by atoms with van der Waals surface area (Å²) in [5.74, 6) is -0.161. The maximum atomic E-state index is 13.0. The molecule has 0 aliphatic carbocycles. The maximum Gasteiger partial charge on any atom is 0.268 e. The average molecular weight is 982 g/mol. The summed E-state index contributed by atoms with van der Waals surface area (Å²) in [6.07, 6.45) is 63.6. The Balaban J connectivity index is 4.03. The van der Waals surface area contributed by atoms with Crippen molar-refractivity contribution in [1.82, 2.24) is 5.32 Å². The third-order valence-electron chi connectivity index (χ3n) is 13.7. The van der Waals surface area contributed by atoms with Crippen LogP contribution in [0.15, 0.2) is 24.3 Å². The van der Waals surface area contributed by atoms with Crippen LogP contribution in [0.4, 0.5) is 0 Å². The van der Waals surface area contributed by atoms with Gasteiger partial charge in [0.2, 0.25) is 5.91 Å². The second-order valence-corrected chi connectivity index (χ2v) is 23.1. The molecule has 0 saturated carbocycles. The fraction of sp³-hybridized carbons (Fsp3) is 0.915. The fourth-order valence-electron chi connectivity index (χ4n) is 9.01. The standard InChI is InChI=1S/C59H117N2O6P/c1-6-8-10-12-14-16-18-20-22-23-24-25-26-27-28-29-30-31-32-33-34-35-36-37-39-41-43-45-47-49-51-53-59(63)60-57(56-67-68(64,65)66-55-54-61(3,4)5)58(62)52-50-48-46-44-42-40-38-21-19-17-15-13-11-9-7-2/h24-25,27-28,57-58,62H,6-23,26,29-56H2,1-5H3,(H-,60,63,64,65)/b25-24-,28-27-. The van der Waals surface area contributed by atoms with Crippen LogP contribution < -0.4 is 10.2 Å². The highest BCUT2D eigenvalue weighted by Gasteiger charge is 2.24. The van der Waals surface area contributed by atoms with Crippen LogP contribution in [0.2, 0.25) is 0 Å². The molecular weight excluding hydrogens is 864 g/mol. The SMILES string of the molecule is CCCCCCCCCCC/C=C\C/C=C\CCCCCCCCCCCCCCCCCC(=O)NC(COP(=O)([O-])OCC[N+](C)(C)C)C(O)CCCCCCCCCCCCCCCCC. The highest BCUT2D eigenvalue weighted by Crippen LogP contribution is 2.38. The second-order valence-electron chi connectivity index (χ2n) is 21.7. The van der Waals surface area contributed by atoms with E-state index in [9.17, 15) is 19.4 Å². The number of unbranched alkanes of at least 4 members (excludes halogenated alkanes) is 38. The third-order valence-corrected chi connectivity index (χ3v) is 14.7. The molecule has 3 unspecified atom stereocenters. The van der Waals surface area contributed by atoms with Crippen molar-refractivity contribution in [2.24, 2.45) is 0 Å². The monoisotopic (exact) mass is 981 g/mol. The molecule has 0 rings (SSSR count). The van der Waals surface area contributed by atoms with E-state index in [1.165, 1.54) is 225 Å². The number of aliphatic hydroxyl groups is 1. The van der Waals surface area contributed by atoms with E-state index in [4.69, 9.17) is 9.05 Å². The molecule has 0 radical (unpaired) electrons.